The lowest BCUT2D eigenvalue weighted by Gasteiger charge is -2.41. The highest BCUT2D eigenvalue weighted by Crippen LogP contribution is 2.19. The molecule has 1 heterocycles. The Hall–Kier alpha value is -0.610. The van der Waals surface area contributed by atoms with Crippen LogP contribution in [0.15, 0.2) is 0 Å². The molecule has 1 saturated heterocycles. The molecule has 1 fully saturated rings. The SMILES string of the molecule is CN(C)C(=O)CC(C)(C)N1CCNCC1. The van der Waals surface area contributed by atoms with E-state index in [4.69, 9.17) is 0 Å². The molecule has 0 saturated carbocycles. The summed E-state index contributed by atoms with van der Waals surface area (Å²) in [4.78, 5) is 15.7. The van der Waals surface area contributed by atoms with Crippen molar-refractivity contribution in [2.24, 2.45) is 0 Å². The van der Waals surface area contributed by atoms with E-state index in [1.54, 1.807) is 4.90 Å². The molecular formula is C11H23N3O. The molecule has 0 aliphatic carbocycles. The maximum atomic E-state index is 11.7. The Morgan fingerprint density at radius 2 is 1.87 bits per heavy atom. The van der Waals surface area contributed by atoms with Crippen LogP contribution in [0.3, 0.4) is 0 Å². The third kappa shape index (κ3) is 3.47. The van der Waals surface area contributed by atoms with E-state index in [0.29, 0.717) is 6.42 Å². The molecule has 0 unspecified atom stereocenters. The molecule has 0 aromatic rings. The summed E-state index contributed by atoms with van der Waals surface area (Å²) in [6.45, 7) is 8.43. The highest BCUT2D eigenvalue weighted by molar-refractivity contribution is 5.76. The molecule has 15 heavy (non-hydrogen) atoms. The van der Waals surface area contributed by atoms with E-state index in [-0.39, 0.29) is 11.4 Å². The Labute approximate surface area is 92.6 Å². The van der Waals surface area contributed by atoms with Gasteiger partial charge >= 0.3 is 0 Å². The van der Waals surface area contributed by atoms with Crippen molar-refractivity contribution < 1.29 is 4.79 Å². The fourth-order valence-electron chi connectivity index (χ4n) is 1.91. The summed E-state index contributed by atoms with van der Waals surface area (Å²) in [5, 5.41) is 3.33. The molecule has 1 aliphatic heterocycles. The first-order valence-corrected chi connectivity index (χ1v) is 5.59. The summed E-state index contributed by atoms with van der Waals surface area (Å²) >= 11 is 0. The van der Waals surface area contributed by atoms with Crippen LogP contribution in [0.5, 0.6) is 0 Å². The quantitative estimate of drug-likeness (QED) is 0.725. The van der Waals surface area contributed by atoms with Crippen molar-refractivity contribution in [2.45, 2.75) is 25.8 Å². The van der Waals surface area contributed by atoms with Crippen molar-refractivity contribution in [1.82, 2.24) is 15.1 Å². The lowest BCUT2D eigenvalue weighted by Crippen LogP contribution is -2.54. The normalized spacial score (nSPS) is 18.9. The molecule has 0 radical (unpaired) electrons. The second-order valence-electron chi connectivity index (χ2n) is 5.01. The number of hydrogen-bond acceptors (Lipinski definition) is 3. The Morgan fingerprint density at radius 3 is 2.33 bits per heavy atom. The molecular weight excluding hydrogens is 190 g/mol. The van der Waals surface area contributed by atoms with Gasteiger partial charge in [-0.05, 0) is 13.8 Å². The summed E-state index contributed by atoms with van der Waals surface area (Å²) in [6.07, 6.45) is 0.597. The van der Waals surface area contributed by atoms with Crippen molar-refractivity contribution in [1.29, 1.82) is 0 Å². The van der Waals surface area contributed by atoms with Crippen LogP contribution in [0, 0.1) is 0 Å². The molecule has 88 valence electrons. The third-order valence-corrected chi connectivity index (χ3v) is 3.06. The Kier molecular flexibility index (Phi) is 4.11. The van der Waals surface area contributed by atoms with Crippen molar-refractivity contribution in [3.63, 3.8) is 0 Å². The molecule has 4 heteroatoms. The first-order valence-electron chi connectivity index (χ1n) is 5.59. The van der Waals surface area contributed by atoms with E-state index in [0.717, 1.165) is 26.2 Å². The minimum Gasteiger partial charge on any atom is -0.349 e. The number of hydrogen-bond donors (Lipinski definition) is 1. The number of nitrogens with one attached hydrogen (secondary N) is 1. The molecule has 1 amide bonds. The van der Waals surface area contributed by atoms with Gasteiger partial charge in [0.25, 0.3) is 0 Å². The number of amides is 1. The molecule has 4 nitrogen and oxygen atoms in total. The highest BCUT2D eigenvalue weighted by atomic mass is 16.2. The van der Waals surface area contributed by atoms with Gasteiger partial charge in [-0.15, -0.1) is 0 Å². The van der Waals surface area contributed by atoms with Crippen molar-refractivity contribution in [2.75, 3.05) is 40.3 Å². The largest absolute Gasteiger partial charge is 0.349 e. The van der Waals surface area contributed by atoms with Gasteiger partial charge < -0.3 is 10.2 Å². The molecule has 1 aliphatic rings. The van der Waals surface area contributed by atoms with E-state index in [1.807, 2.05) is 14.1 Å². The molecule has 0 atom stereocenters. The van der Waals surface area contributed by atoms with Crippen LogP contribution in [0.4, 0.5) is 0 Å². The van der Waals surface area contributed by atoms with Gasteiger partial charge in [-0.1, -0.05) is 0 Å². The van der Waals surface area contributed by atoms with Crippen LogP contribution in [0.1, 0.15) is 20.3 Å². The smallest absolute Gasteiger partial charge is 0.223 e. The molecule has 0 bridgehead atoms. The lowest BCUT2D eigenvalue weighted by molar-refractivity contribution is -0.131. The number of nitrogens with zero attached hydrogens (tertiary/aromatic N) is 2. The van der Waals surface area contributed by atoms with Gasteiger partial charge in [-0.3, -0.25) is 9.69 Å². The van der Waals surface area contributed by atoms with E-state index in [1.165, 1.54) is 0 Å². The Morgan fingerprint density at radius 1 is 1.33 bits per heavy atom. The van der Waals surface area contributed by atoms with E-state index in [9.17, 15) is 4.79 Å². The average molecular weight is 213 g/mol. The van der Waals surface area contributed by atoms with Crippen LogP contribution in [0.2, 0.25) is 0 Å². The molecule has 1 N–H and O–H groups in total. The van der Waals surface area contributed by atoms with Crippen molar-refractivity contribution in [3.8, 4) is 0 Å². The van der Waals surface area contributed by atoms with Crippen LogP contribution in [-0.4, -0.2) is 61.5 Å². The van der Waals surface area contributed by atoms with Gasteiger partial charge in [0.1, 0.15) is 0 Å². The number of carbonyl (C=O) groups is 1. The molecule has 0 spiro atoms. The zero-order valence-electron chi connectivity index (χ0n) is 10.3. The maximum Gasteiger partial charge on any atom is 0.223 e. The van der Waals surface area contributed by atoms with Gasteiger partial charge in [0.2, 0.25) is 5.91 Å². The number of rotatable bonds is 3. The average Bonchev–Trinajstić information content (AvgIpc) is 2.18. The summed E-state index contributed by atoms with van der Waals surface area (Å²) in [5.41, 5.74) is -0.0244. The summed E-state index contributed by atoms with van der Waals surface area (Å²) < 4.78 is 0. The van der Waals surface area contributed by atoms with Gasteiger partial charge in [-0.2, -0.15) is 0 Å². The molecule has 0 aromatic carbocycles. The highest BCUT2D eigenvalue weighted by Gasteiger charge is 2.30. The number of piperazine rings is 1. The van der Waals surface area contributed by atoms with E-state index < -0.39 is 0 Å². The fourth-order valence-corrected chi connectivity index (χ4v) is 1.91. The molecule has 0 aromatic heterocycles. The monoisotopic (exact) mass is 213 g/mol. The van der Waals surface area contributed by atoms with Crippen molar-refractivity contribution in [3.05, 3.63) is 0 Å². The second kappa shape index (κ2) is 4.94. The van der Waals surface area contributed by atoms with Crippen LogP contribution in [0.25, 0.3) is 0 Å². The van der Waals surface area contributed by atoms with E-state index >= 15 is 0 Å². The van der Waals surface area contributed by atoms with Crippen molar-refractivity contribution >= 4 is 5.91 Å². The summed E-state index contributed by atoms with van der Waals surface area (Å²) in [7, 11) is 3.63. The van der Waals surface area contributed by atoms with E-state index in [2.05, 4.69) is 24.1 Å². The minimum absolute atomic E-state index is 0.0244. The predicted octanol–water partition coefficient (Wildman–Crippen LogP) is 0.149. The standard InChI is InChI=1S/C11H23N3O/c1-11(2,9-10(15)13(3)4)14-7-5-12-6-8-14/h12H,5-9H2,1-4H3. The van der Waals surface area contributed by atoms with Crippen LogP contribution in [-0.2, 0) is 4.79 Å². The summed E-state index contributed by atoms with van der Waals surface area (Å²) in [5.74, 6) is 0.207. The van der Waals surface area contributed by atoms with Crippen LogP contribution >= 0.6 is 0 Å². The van der Waals surface area contributed by atoms with Gasteiger partial charge in [0.15, 0.2) is 0 Å². The molecule has 1 rings (SSSR count). The predicted molar refractivity (Wildman–Crippen MR) is 61.8 cm³/mol. The maximum absolute atomic E-state index is 11.7. The van der Waals surface area contributed by atoms with Crippen LogP contribution < -0.4 is 5.32 Å². The first-order chi connectivity index (χ1) is 6.93. The van der Waals surface area contributed by atoms with Gasteiger partial charge in [-0.25, -0.2) is 0 Å². The minimum atomic E-state index is -0.0244. The summed E-state index contributed by atoms with van der Waals surface area (Å²) in [6, 6.07) is 0. The zero-order chi connectivity index (χ0) is 11.5. The topological polar surface area (TPSA) is 35.6 Å². The Bertz CT molecular complexity index is 220. The third-order valence-electron chi connectivity index (χ3n) is 3.06. The van der Waals surface area contributed by atoms with Gasteiger partial charge in [0, 0.05) is 52.2 Å². The lowest BCUT2D eigenvalue weighted by atomic mass is 9.96. The number of carbonyl (C=O) groups excluding carboxylic acids is 1. The second-order valence-corrected chi connectivity index (χ2v) is 5.01. The Balaban J connectivity index is 2.52. The first kappa shape index (κ1) is 12.5. The van der Waals surface area contributed by atoms with Gasteiger partial charge in [0.05, 0.1) is 0 Å². The zero-order valence-corrected chi connectivity index (χ0v) is 10.3. The fraction of sp³-hybridized carbons (Fsp3) is 0.909.